The van der Waals surface area contributed by atoms with Crippen LogP contribution in [0.25, 0.3) is 11.1 Å². The summed E-state index contributed by atoms with van der Waals surface area (Å²) in [6.07, 6.45) is 2.10. The van der Waals surface area contributed by atoms with Crippen LogP contribution in [0.1, 0.15) is 43.9 Å². The predicted molar refractivity (Wildman–Crippen MR) is 118 cm³/mol. The number of benzene rings is 1. The molecule has 1 amide bonds. The Morgan fingerprint density at radius 2 is 1.81 bits per heavy atom. The van der Waals surface area contributed by atoms with Gasteiger partial charge in [0.25, 0.3) is 0 Å². The molecule has 7 nitrogen and oxygen atoms in total. The van der Waals surface area contributed by atoms with Crippen LogP contribution >= 0.6 is 0 Å². The van der Waals surface area contributed by atoms with Gasteiger partial charge in [-0.2, -0.15) is 0 Å². The number of aryl methyl sites for hydroxylation is 1. The van der Waals surface area contributed by atoms with Crippen molar-refractivity contribution in [2.75, 3.05) is 27.9 Å². The highest BCUT2D eigenvalue weighted by molar-refractivity contribution is 5.83. The highest BCUT2D eigenvalue weighted by Crippen LogP contribution is 2.50. The summed E-state index contributed by atoms with van der Waals surface area (Å²) in [5, 5.41) is 2.99. The van der Waals surface area contributed by atoms with Gasteiger partial charge in [0.15, 0.2) is 17.2 Å². The number of fused-ring (bicyclic) bond motifs is 3. The van der Waals surface area contributed by atoms with Crippen molar-refractivity contribution in [2.24, 2.45) is 0 Å². The van der Waals surface area contributed by atoms with Crippen LogP contribution in [-0.4, -0.2) is 33.8 Å². The number of hydrogen-bond acceptors (Lipinski definition) is 6. The van der Waals surface area contributed by atoms with Crippen molar-refractivity contribution >= 4 is 5.91 Å². The van der Waals surface area contributed by atoms with Gasteiger partial charge in [0, 0.05) is 12.5 Å². The molecular weight excluding hydrogens is 398 g/mol. The first-order valence-corrected chi connectivity index (χ1v) is 10.3. The molecule has 1 atom stereocenters. The van der Waals surface area contributed by atoms with Crippen LogP contribution in [0.5, 0.6) is 23.0 Å². The van der Waals surface area contributed by atoms with Gasteiger partial charge in [-0.15, -0.1) is 0 Å². The summed E-state index contributed by atoms with van der Waals surface area (Å²) in [4.78, 5) is 24.7. The molecule has 0 saturated heterocycles. The zero-order chi connectivity index (χ0) is 22.5. The van der Waals surface area contributed by atoms with E-state index in [1.807, 2.05) is 19.1 Å². The fourth-order valence-electron chi connectivity index (χ4n) is 4.01. The molecule has 0 spiro atoms. The lowest BCUT2D eigenvalue weighted by Gasteiger charge is -2.21. The molecule has 2 aromatic rings. The third kappa shape index (κ3) is 4.45. The third-order valence-corrected chi connectivity index (χ3v) is 5.34. The molecule has 0 radical (unpaired) electrons. The van der Waals surface area contributed by atoms with Crippen LogP contribution in [0.2, 0.25) is 0 Å². The smallest absolute Gasteiger partial charge is 0.220 e. The van der Waals surface area contributed by atoms with E-state index < -0.39 is 0 Å². The Morgan fingerprint density at radius 1 is 1.06 bits per heavy atom. The fraction of sp³-hybridized carbons (Fsp3) is 0.417. The summed E-state index contributed by atoms with van der Waals surface area (Å²) in [7, 11) is 4.63. The van der Waals surface area contributed by atoms with Crippen LogP contribution in [0, 0.1) is 0 Å². The average Bonchev–Trinajstić information content (AvgIpc) is 2.99. The molecule has 7 heteroatoms. The molecular formula is C24H29NO6. The van der Waals surface area contributed by atoms with Gasteiger partial charge in [-0.1, -0.05) is 13.0 Å². The molecule has 1 aliphatic rings. The van der Waals surface area contributed by atoms with E-state index in [9.17, 15) is 9.59 Å². The summed E-state index contributed by atoms with van der Waals surface area (Å²) in [6, 6.07) is 6.65. The second-order valence-corrected chi connectivity index (χ2v) is 7.39. The monoisotopic (exact) mass is 427 g/mol. The maximum absolute atomic E-state index is 12.7. The Morgan fingerprint density at radius 3 is 2.42 bits per heavy atom. The lowest BCUT2D eigenvalue weighted by atomic mass is 9.95. The lowest BCUT2D eigenvalue weighted by molar-refractivity contribution is -0.119. The largest absolute Gasteiger partial charge is 0.493 e. The van der Waals surface area contributed by atoms with Gasteiger partial charge >= 0.3 is 0 Å². The van der Waals surface area contributed by atoms with Crippen molar-refractivity contribution in [2.45, 2.75) is 39.2 Å². The summed E-state index contributed by atoms with van der Waals surface area (Å²) < 4.78 is 22.7. The van der Waals surface area contributed by atoms with Crippen LogP contribution in [-0.2, 0) is 11.2 Å². The highest BCUT2D eigenvalue weighted by Gasteiger charge is 2.29. The van der Waals surface area contributed by atoms with Crippen molar-refractivity contribution in [3.8, 4) is 34.1 Å². The van der Waals surface area contributed by atoms with Gasteiger partial charge in [-0.05, 0) is 54.2 Å². The molecule has 166 valence electrons. The van der Waals surface area contributed by atoms with Crippen LogP contribution < -0.4 is 29.7 Å². The number of carbonyl (C=O) groups excluding carboxylic acids is 1. The van der Waals surface area contributed by atoms with E-state index in [0.717, 1.165) is 28.7 Å². The maximum atomic E-state index is 12.7. The topological polar surface area (TPSA) is 83.1 Å². The third-order valence-electron chi connectivity index (χ3n) is 5.34. The van der Waals surface area contributed by atoms with E-state index in [2.05, 4.69) is 5.32 Å². The SMILES string of the molecule is CCCOc1c(OC)c(OC)cc2c1-c1ccc(OC)c(=O)cc1[C@@H](NC(C)=O)CC2. The average molecular weight is 427 g/mol. The normalized spacial score (nSPS) is 14.5. The molecule has 0 aliphatic heterocycles. The second kappa shape index (κ2) is 9.73. The Bertz CT molecular complexity index is 1030. The molecule has 1 aliphatic carbocycles. The fourth-order valence-corrected chi connectivity index (χ4v) is 4.01. The minimum absolute atomic E-state index is 0.162. The van der Waals surface area contributed by atoms with E-state index in [1.54, 1.807) is 26.4 Å². The van der Waals surface area contributed by atoms with Gasteiger partial charge in [0.05, 0.1) is 34.0 Å². The molecule has 0 fully saturated rings. The summed E-state index contributed by atoms with van der Waals surface area (Å²) in [5.74, 6) is 1.72. The quantitative estimate of drug-likeness (QED) is 0.726. The van der Waals surface area contributed by atoms with Crippen LogP contribution in [0.3, 0.4) is 0 Å². The van der Waals surface area contributed by atoms with E-state index in [4.69, 9.17) is 18.9 Å². The van der Waals surface area contributed by atoms with E-state index in [1.165, 1.54) is 14.0 Å². The molecule has 0 unspecified atom stereocenters. The molecule has 0 aromatic heterocycles. The number of hydrogen-bond donors (Lipinski definition) is 1. The first-order valence-electron chi connectivity index (χ1n) is 10.3. The molecule has 2 aromatic carbocycles. The van der Waals surface area contributed by atoms with Crippen molar-refractivity contribution in [1.29, 1.82) is 0 Å². The van der Waals surface area contributed by atoms with Crippen LogP contribution in [0.4, 0.5) is 0 Å². The zero-order valence-corrected chi connectivity index (χ0v) is 18.7. The Hall–Kier alpha value is -3.22. The Balaban J connectivity index is 2.40. The maximum Gasteiger partial charge on any atom is 0.220 e. The minimum atomic E-state index is -0.333. The van der Waals surface area contributed by atoms with Crippen LogP contribution in [0.15, 0.2) is 29.1 Å². The summed E-state index contributed by atoms with van der Waals surface area (Å²) in [6.45, 7) is 4.00. The number of nitrogens with one attached hydrogen (secondary N) is 1. The van der Waals surface area contributed by atoms with E-state index in [-0.39, 0.29) is 23.1 Å². The van der Waals surface area contributed by atoms with E-state index >= 15 is 0 Å². The number of ether oxygens (including phenoxy) is 4. The molecule has 0 saturated carbocycles. The van der Waals surface area contributed by atoms with Crippen molar-refractivity contribution < 1.29 is 23.7 Å². The molecule has 1 N–H and O–H groups in total. The Labute approximate surface area is 182 Å². The standard InChI is InChI=1S/C24H29NO6/c1-6-11-31-24-22-15(12-21(29-4)23(24)30-5)7-9-18(25-14(2)26)17-13-19(27)20(28-3)10-8-16(17)22/h8,10,12-13,18H,6-7,9,11H2,1-5H3,(H,25,26)/t18-/m0/s1. The van der Waals surface area contributed by atoms with Crippen molar-refractivity contribution in [3.63, 3.8) is 0 Å². The Kier molecular flexibility index (Phi) is 7.05. The zero-order valence-electron chi connectivity index (χ0n) is 18.7. The van der Waals surface area contributed by atoms with Gasteiger partial charge in [-0.25, -0.2) is 0 Å². The van der Waals surface area contributed by atoms with E-state index in [0.29, 0.717) is 36.7 Å². The highest BCUT2D eigenvalue weighted by atomic mass is 16.5. The molecule has 31 heavy (non-hydrogen) atoms. The van der Waals surface area contributed by atoms with Crippen molar-refractivity contribution in [1.82, 2.24) is 5.32 Å². The number of carbonyl (C=O) groups is 1. The second-order valence-electron chi connectivity index (χ2n) is 7.39. The lowest BCUT2D eigenvalue weighted by Crippen LogP contribution is -2.26. The summed E-state index contributed by atoms with van der Waals surface area (Å²) in [5.41, 5.74) is 3.09. The number of amides is 1. The molecule has 0 heterocycles. The van der Waals surface area contributed by atoms with Gasteiger partial charge in [0.1, 0.15) is 0 Å². The minimum Gasteiger partial charge on any atom is -0.493 e. The summed E-state index contributed by atoms with van der Waals surface area (Å²) >= 11 is 0. The van der Waals surface area contributed by atoms with Crippen molar-refractivity contribution in [3.05, 3.63) is 45.6 Å². The van der Waals surface area contributed by atoms with Gasteiger partial charge < -0.3 is 24.3 Å². The van der Waals surface area contributed by atoms with Gasteiger partial charge in [0.2, 0.25) is 17.1 Å². The first-order chi connectivity index (χ1) is 14.9. The number of rotatable bonds is 7. The van der Waals surface area contributed by atoms with Gasteiger partial charge in [-0.3, -0.25) is 9.59 Å². The predicted octanol–water partition coefficient (Wildman–Crippen LogP) is 3.65. The molecule has 0 bridgehead atoms. The number of methoxy groups -OCH3 is 3. The molecule has 3 rings (SSSR count). The first kappa shape index (κ1) is 22.5.